The van der Waals surface area contributed by atoms with Crippen LogP contribution in [0.5, 0.6) is 0 Å². The minimum atomic E-state index is -4.49. The second-order valence-electron chi connectivity index (χ2n) is 4.92. The molecule has 22 heavy (non-hydrogen) atoms. The Morgan fingerprint density at radius 3 is 2.73 bits per heavy atom. The maximum Gasteiger partial charge on any atom is 0.418 e. The number of imidazole rings is 1. The van der Waals surface area contributed by atoms with E-state index in [0.29, 0.717) is 19.5 Å². The van der Waals surface area contributed by atoms with Crippen LogP contribution in [0.4, 0.5) is 18.9 Å². The van der Waals surface area contributed by atoms with Gasteiger partial charge >= 0.3 is 6.18 Å². The van der Waals surface area contributed by atoms with Crippen LogP contribution >= 0.6 is 0 Å². The standard InChI is InChI=1S/C15H15F3N4/c1-21(6-2-7-22-8-5-20-11-22)14-4-3-12(10-19)9-13(14)15(16,17)18/h3-5,8-9,11H,2,6-7H2,1H3. The zero-order valence-electron chi connectivity index (χ0n) is 12.0. The van der Waals surface area contributed by atoms with Crippen molar-refractivity contribution in [2.24, 2.45) is 0 Å². The molecule has 2 rings (SSSR count). The number of hydrogen-bond acceptors (Lipinski definition) is 3. The molecule has 0 fully saturated rings. The molecule has 0 bridgehead atoms. The Morgan fingerprint density at radius 1 is 1.36 bits per heavy atom. The Hall–Kier alpha value is -2.49. The SMILES string of the molecule is CN(CCCn1ccnc1)c1ccc(C#N)cc1C(F)(F)F. The third-order valence-corrected chi connectivity index (χ3v) is 3.31. The first kappa shape index (κ1) is 15.9. The van der Waals surface area contributed by atoms with Gasteiger partial charge in [0, 0.05) is 38.2 Å². The van der Waals surface area contributed by atoms with Crippen LogP contribution < -0.4 is 4.90 Å². The summed E-state index contributed by atoms with van der Waals surface area (Å²) in [6, 6.07) is 5.37. The summed E-state index contributed by atoms with van der Waals surface area (Å²) in [6.07, 6.45) is 1.34. The first-order chi connectivity index (χ1) is 10.4. The average Bonchev–Trinajstić information content (AvgIpc) is 2.99. The van der Waals surface area contributed by atoms with Crippen molar-refractivity contribution in [2.75, 3.05) is 18.5 Å². The highest BCUT2D eigenvalue weighted by molar-refractivity contribution is 5.57. The van der Waals surface area contributed by atoms with E-state index >= 15 is 0 Å². The molecule has 0 aliphatic carbocycles. The summed E-state index contributed by atoms with van der Waals surface area (Å²) in [5.41, 5.74) is -0.697. The van der Waals surface area contributed by atoms with Gasteiger partial charge < -0.3 is 9.47 Å². The lowest BCUT2D eigenvalue weighted by Gasteiger charge is -2.23. The van der Waals surface area contributed by atoms with Gasteiger partial charge in [-0.2, -0.15) is 18.4 Å². The van der Waals surface area contributed by atoms with Gasteiger partial charge in [0.2, 0.25) is 0 Å². The molecule has 0 spiro atoms. The molecule has 0 radical (unpaired) electrons. The van der Waals surface area contributed by atoms with E-state index in [1.54, 1.807) is 30.5 Å². The number of aryl methyl sites for hydroxylation is 1. The minimum absolute atomic E-state index is 0.00268. The molecule has 7 heteroatoms. The van der Waals surface area contributed by atoms with Crippen LogP contribution in [-0.4, -0.2) is 23.1 Å². The van der Waals surface area contributed by atoms with Crippen LogP contribution in [0.3, 0.4) is 0 Å². The largest absolute Gasteiger partial charge is 0.418 e. The zero-order chi connectivity index (χ0) is 16.2. The maximum atomic E-state index is 13.1. The van der Waals surface area contributed by atoms with E-state index in [1.165, 1.54) is 12.1 Å². The van der Waals surface area contributed by atoms with Gasteiger partial charge in [0.1, 0.15) is 0 Å². The fourth-order valence-corrected chi connectivity index (χ4v) is 2.20. The van der Waals surface area contributed by atoms with Gasteiger partial charge in [0.05, 0.1) is 23.5 Å². The van der Waals surface area contributed by atoms with Gasteiger partial charge in [-0.25, -0.2) is 4.98 Å². The Balaban J connectivity index is 2.11. The number of alkyl halides is 3. The second-order valence-corrected chi connectivity index (χ2v) is 4.92. The van der Waals surface area contributed by atoms with Crippen LogP contribution in [-0.2, 0) is 12.7 Å². The fourth-order valence-electron chi connectivity index (χ4n) is 2.20. The monoisotopic (exact) mass is 308 g/mol. The molecular formula is C15H15F3N4. The minimum Gasteiger partial charge on any atom is -0.374 e. The van der Waals surface area contributed by atoms with E-state index in [1.807, 2.05) is 10.8 Å². The van der Waals surface area contributed by atoms with Crippen molar-refractivity contribution < 1.29 is 13.2 Å². The number of aromatic nitrogens is 2. The molecule has 116 valence electrons. The molecule has 1 heterocycles. The van der Waals surface area contributed by atoms with E-state index in [2.05, 4.69) is 4.98 Å². The van der Waals surface area contributed by atoms with Crippen molar-refractivity contribution in [3.05, 3.63) is 48.0 Å². The number of anilines is 1. The molecule has 0 saturated carbocycles. The Bertz CT molecular complexity index is 656. The lowest BCUT2D eigenvalue weighted by atomic mass is 10.1. The molecule has 1 aromatic carbocycles. The first-order valence-electron chi connectivity index (χ1n) is 6.70. The third-order valence-electron chi connectivity index (χ3n) is 3.31. The van der Waals surface area contributed by atoms with E-state index in [0.717, 1.165) is 6.07 Å². The summed E-state index contributed by atoms with van der Waals surface area (Å²) in [7, 11) is 1.62. The lowest BCUT2D eigenvalue weighted by Crippen LogP contribution is -2.23. The summed E-state index contributed by atoms with van der Waals surface area (Å²) in [5, 5.41) is 8.76. The molecule has 0 unspecified atom stereocenters. The molecule has 1 aromatic heterocycles. The Labute approximate surface area is 126 Å². The fraction of sp³-hybridized carbons (Fsp3) is 0.333. The number of halogens is 3. The highest BCUT2D eigenvalue weighted by Gasteiger charge is 2.34. The summed E-state index contributed by atoms with van der Waals surface area (Å²) in [5.74, 6) is 0. The predicted octanol–water partition coefficient (Wildman–Crippen LogP) is 3.30. The summed E-state index contributed by atoms with van der Waals surface area (Å²) in [4.78, 5) is 5.47. The molecule has 4 nitrogen and oxygen atoms in total. The molecule has 0 aliphatic heterocycles. The molecule has 0 aliphatic rings. The van der Waals surface area contributed by atoms with E-state index in [9.17, 15) is 13.2 Å². The van der Waals surface area contributed by atoms with E-state index in [4.69, 9.17) is 5.26 Å². The third kappa shape index (κ3) is 3.79. The number of nitriles is 1. The molecule has 2 aromatic rings. The quantitative estimate of drug-likeness (QED) is 0.851. The van der Waals surface area contributed by atoms with E-state index in [-0.39, 0.29) is 11.3 Å². The topological polar surface area (TPSA) is 44.9 Å². The molecule has 0 saturated heterocycles. The molecular weight excluding hydrogens is 293 g/mol. The molecule has 0 atom stereocenters. The van der Waals surface area contributed by atoms with Gasteiger partial charge in [-0.3, -0.25) is 0 Å². The summed E-state index contributed by atoms with van der Waals surface area (Å²) in [6.45, 7) is 1.15. The van der Waals surface area contributed by atoms with Gasteiger partial charge in [-0.05, 0) is 24.6 Å². The Morgan fingerprint density at radius 2 is 2.14 bits per heavy atom. The maximum absolute atomic E-state index is 13.1. The molecule has 0 amide bonds. The zero-order valence-corrected chi connectivity index (χ0v) is 12.0. The normalized spacial score (nSPS) is 11.2. The highest BCUT2D eigenvalue weighted by atomic mass is 19.4. The number of nitrogens with zero attached hydrogens (tertiary/aromatic N) is 4. The van der Waals surface area contributed by atoms with Gasteiger partial charge in [0.25, 0.3) is 0 Å². The summed E-state index contributed by atoms with van der Waals surface area (Å²) >= 11 is 0. The highest BCUT2D eigenvalue weighted by Crippen LogP contribution is 2.36. The predicted molar refractivity (Wildman–Crippen MR) is 76.3 cm³/mol. The number of hydrogen-bond donors (Lipinski definition) is 0. The second kappa shape index (κ2) is 6.52. The average molecular weight is 308 g/mol. The number of rotatable bonds is 5. The van der Waals surface area contributed by atoms with Crippen molar-refractivity contribution in [2.45, 2.75) is 19.1 Å². The molecule has 0 N–H and O–H groups in total. The van der Waals surface area contributed by atoms with Crippen LogP contribution in [0.2, 0.25) is 0 Å². The van der Waals surface area contributed by atoms with Crippen molar-refractivity contribution in [3.8, 4) is 6.07 Å². The van der Waals surface area contributed by atoms with E-state index < -0.39 is 11.7 Å². The Kier molecular flexibility index (Phi) is 4.71. The summed E-state index contributed by atoms with van der Waals surface area (Å²) < 4.78 is 41.2. The van der Waals surface area contributed by atoms with Crippen molar-refractivity contribution in [1.82, 2.24) is 9.55 Å². The van der Waals surface area contributed by atoms with Gasteiger partial charge in [0.15, 0.2) is 0 Å². The van der Waals surface area contributed by atoms with Crippen molar-refractivity contribution in [3.63, 3.8) is 0 Å². The van der Waals surface area contributed by atoms with Crippen molar-refractivity contribution in [1.29, 1.82) is 5.26 Å². The smallest absolute Gasteiger partial charge is 0.374 e. The van der Waals surface area contributed by atoms with Gasteiger partial charge in [-0.1, -0.05) is 0 Å². The van der Waals surface area contributed by atoms with Crippen molar-refractivity contribution >= 4 is 5.69 Å². The van der Waals surface area contributed by atoms with Gasteiger partial charge in [-0.15, -0.1) is 0 Å². The first-order valence-corrected chi connectivity index (χ1v) is 6.70. The van der Waals surface area contributed by atoms with Crippen LogP contribution in [0, 0.1) is 11.3 Å². The van der Waals surface area contributed by atoms with Crippen LogP contribution in [0.1, 0.15) is 17.5 Å². The number of benzene rings is 1. The van der Waals surface area contributed by atoms with Crippen LogP contribution in [0.15, 0.2) is 36.9 Å². The van der Waals surface area contributed by atoms with Crippen LogP contribution in [0.25, 0.3) is 0 Å². The lowest BCUT2D eigenvalue weighted by molar-refractivity contribution is -0.137.